The summed E-state index contributed by atoms with van der Waals surface area (Å²) in [5.41, 5.74) is 1.87. The molecule has 5 heteroatoms. The number of benzene rings is 1. The van der Waals surface area contributed by atoms with Gasteiger partial charge in [-0.15, -0.1) is 0 Å². The average Bonchev–Trinajstić information content (AvgIpc) is 3.01. The highest BCUT2D eigenvalue weighted by atomic mass is 16.5. The zero-order valence-corrected chi connectivity index (χ0v) is 10.6. The van der Waals surface area contributed by atoms with Crippen molar-refractivity contribution < 1.29 is 14.1 Å². The predicted molar refractivity (Wildman–Crippen MR) is 68.1 cm³/mol. The van der Waals surface area contributed by atoms with E-state index in [-0.39, 0.29) is 17.8 Å². The maximum atomic E-state index is 11.8. The molecular weight excluding hydrogens is 244 g/mol. The van der Waals surface area contributed by atoms with Gasteiger partial charge in [-0.25, -0.2) is 0 Å². The van der Waals surface area contributed by atoms with Gasteiger partial charge in [0.2, 0.25) is 5.76 Å². The maximum absolute atomic E-state index is 11.8. The van der Waals surface area contributed by atoms with Crippen LogP contribution in [0.3, 0.4) is 0 Å². The molecule has 0 fully saturated rings. The smallest absolute Gasteiger partial charge is 0.290 e. The highest BCUT2D eigenvalue weighted by molar-refractivity contribution is 5.91. The number of carbonyl (C=O) groups is 1. The molecule has 1 aromatic carbocycles. The van der Waals surface area contributed by atoms with Gasteiger partial charge in [-0.3, -0.25) is 4.79 Å². The second-order valence-corrected chi connectivity index (χ2v) is 4.59. The van der Waals surface area contributed by atoms with Crippen molar-refractivity contribution in [3.8, 4) is 5.75 Å². The van der Waals surface area contributed by atoms with Crippen LogP contribution < -0.4 is 10.1 Å². The molecule has 98 valence electrons. The van der Waals surface area contributed by atoms with E-state index in [2.05, 4.69) is 10.5 Å². The Labute approximate surface area is 110 Å². The van der Waals surface area contributed by atoms with E-state index in [1.165, 1.54) is 5.56 Å². The molecule has 3 rings (SSSR count). The SMILES string of the molecule is Cc1cc(C(=O)NC[C@@H]2Cc3ccccc3O2)on1. The van der Waals surface area contributed by atoms with Crippen LogP contribution in [0.5, 0.6) is 5.75 Å². The third-order valence-electron chi connectivity index (χ3n) is 3.06. The van der Waals surface area contributed by atoms with Gasteiger partial charge < -0.3 is 14.6 Å². The Morgan fingerprint density at radius 1 is 1.47 bits per heavy atom. The first-order valence-corrected chi connectivity index (χ1v) is 6.18. The normalized spacial score (nSPS) is 16.8. The Kier molecular flexibility index (Phi) is 2.95. The molecule has 0 radical (unpaired) electrons. The molecule has 0 saturated heterocycles. The van der Waals surface area contributed by atoms with Crippen LogP contribution in [-0.4, -0.2) is 23.7 Å². The lowest BCUT2D eigenvalue weighted by Crippen LogP contribution is -2.34. The molecule has 0 aliphatic carbocycles. The van der Waals surface area contributed by atoms with Crippen LogP contribution in [0.1, 0.15) is 21.8 Å². The Morgan fingerprint density at radius 2 is 2.32 bits per heavy atom. The van der Waals surface area contributed by atoms with Gasteiger partial charge in [0.25, 0.3) is 5.91 Å². The van der Waals surface area contributed by atoms with E-state index in [9.17, 15) is 4.79 Å². The summed E-state index contributed by atoms with van der Waals surface area (Å²) in [4.78, 5) is 11.8. The minimum Gasteiger partial charge on any atom is -0.488 e. The van der Waals surface area contributed by atoms with Crippen LogP contribution in [-0.2, 0) is 6.42 Å². The zero-order chi connectivity index (χ0) is 13.2. The van der Waals surface area contributed by atoms with E-state index >= 15 is 0 Å². The summed E-state index contributed by atoms with van der Waals surface area (Å²) in [6.07, 6.45) is 0.789. The van der Waals surface area contributed by atoms with Gasteiger partial charge in [0.1, 0.15) is 11.9 Å². The summed E-state index contributed by atoms with van der Waals surface area (Å²) in [5.74, 6) is 0.866. The minimum absolute atomic E-state index is 0.0228. The van der Waals surface area contributed by atoms with Gasteiger partial charge in [0, 0.05) is 12.5 Å². The molecule has 0 spiro atoms. The Bertz CT molecular complexity index is 581. The number of para-hydroxylation sites is 1. The van der Waals surface area contributed by atoms with Crippen LogP contribution in [0.2, 0.25) is 0 Å². The van der Waals surface area contributed by atoms with Gasteiger partial charge in [0.15, 0.2) is 0 Å². The van der Waals surface area contributed by atoms with Gasteiger partial charge in [-0.1, -0.05) is 23.4 Å². The summed E-state index contributed by atoms with van der Waals surface area (Å²) >= 11 is 0. The molecule has 1 atom stereocenters. The summed E-state index contributed by atoms with van der Waals surface area (Å²) in [7, 11) is 0. The zero-order valence-electron chi connectivity index (χ0n) is 10.6. The number of nitrogens with one attached hydrogen (secondary N) is 1. The van der Waals surface area contributed by atoms with Crippen molar-refractivity contribution in [2.75, 3.05) is 6.54 Å². The fourth-order valence-electron chi connectivity index (χ4n) is 2.13. The molecule has 1 N–H and O–H groups in total. The molecule has 1 amide bonds. The molecule has 1 aliphatic heterocycles. The van der Waals surface area contributed by atoms with Crippen LogP contribution in [0.15, 0.2) is 34.9 Å². The Balaban J connectivity index is 1.56. The van der Waals surface area contributed by atoms with Crippen LogP contribution in [0.4, 0.5) is 0 Å². The minimum atomic E-state index is -0.264. The van der Waals surface area contributed by atoms with Gasteiger partial charge in [-0.2, -0.15) is 0 Å². The number of hydrogen-bond acceptors (Lipinski definition) is 4. The van der Waals surface area contributed by atoms with Crippen molar-refractivity contribution in [2.24, 2.45) is 0 Å². The largest absolute Gasteiger partial charge is 0.488 e. The lowest BCUT2D eigenvalue weighted by molar-refractivity contribution is 0.0896. The fraction of sp³-hybridized carbons (Fsp3) is 0.286. The quantitative estimate of drug-likeness (QED) is 0.910. The van der Waals surface area contributed by atoms with Crippen molar-refractivity contribution in [2.45, 2.75) is 19.4 Å². The molecule has 5 nitrogen and oxygen atoms in total. The number of rotatable bonds is 3. The van der Waals surface area contributed by atoms with Gasteiger partial charge >= 0.3 is 0 Å². The van der Waals surface area contributed by atoms with Gasteiger partial charge in [0.05, 0.1) is 12.2 Å². The monoisotopic (exact) mass is 258 g/mol. The molecule has 19 heavy (non-hydrogen) atoms. The van der Waals surface area contributed by atoms with Crippen LogP contribution in [0.25, 0.3) is 0 Å². The van der Waals surface area contributed by atoms with Crippen molar-refractivity contribution >= 4 is 5.91 Å². The standard InChI is InChI=1S/C14H14N2O3/c1-9-6-13(19-16-9)14(17)15-8-11-7-10-4-2-3-5-12(10)18-11/h2-6,11H,7-8H2,1H3,(H,15,17)/t11-/m0/s1. The number of aromatic nitrogens is 1. The summed E-state index contributed by atoms with van der Waals surface area (Å²) in [5, 5.41) is 6.47. The average molecular weight is 258 g/mol. The van der Waals surface area contributed by atoms with E-state index in [1.807, 2.05) is 24.3 Å². The lowest BCUT2D eigenvalue weighted by Gasteiger charge is -2.10. The number of carbonyl (C=O) groups excluding carboxylic acids is 1. The molecule has 0 bridgehead atoms. The number of aryl methyl sites for hydroxylation is 1. The molecule has 2 aromatic rings. The number of ether oxygens (including phenoxy) is 1. The molecule has 0 unspecified atom stereocenters. The predicted octanol–water partition coefficient (Wildman–Crippen LogP) is 1.72. The summed E-state index contributed by atoms with van der Waals surface area (Å²) < 4.78 is 10.6. The number of amides is 1. The molecule has 0 saturated carbocycles. The summed E-state index contributed by atoms with van der Waals surface area (Å²) in [6.45, 7) is 2.23. The third-order valence-corrected chi connectivity index (χ3v) is 3.06. The molecular formula is C14H14N2O3. The van der Waals surface area contributed by atoms with Crippen molar-refractivity contribution in [3.63, 3.8) is 0 Å². The first-order chi connectivity index (χ1) is 9.22. The highest BCUT2D eigenvalue weighted by Crippen LogP contribution is 2.27. The van der Waals surface area contributed by atoms with Gasteiger partial charge in [-0.05, 0) is 18.6 Å². The highest BCUT2D eigenvalue weighted by Gasteiger charge is 2.23. The van der Waals surface area contributed by atoms with Crippen molar-refractivity contribution in [3.05, 3.63) is 47.3 Å². The summed E-state index contributed by atoms with van der Waals surface area (Å²) in [6, 6.07) is 9.52. The lowest BCUT2D eigenvalue weighted by atomic mass is 10.1. The van der Waals surface area contributed by atoms with E-state index in [1.54, 1.807) is 13.0 Å². The van der Waals surface area contributed by atoms with Crippen LogP contribution >= 0.6 is 0 Å². The second kappa shape index (κ2) is 4.76. The Morgan fingerprint density at radius 3 is 3.05 bits per heavy atom. The Hall–Kier alpha value is -2.30. The van der Waals surface area contributed by atoms with Crippen molar-refractivity contribution in [1.82, 2.24) is 10.5 Å². The number of nitrogens with zero attached hydrogens (tertiary/aromatic N) is 1. The second-order valence-electron chi connectivity index (χ2n) is 4.59. The van der Waals surface area contributed by atoms with E-state index in [0.717, 1.165) is 12.2 Å². The van der Waals surface area contributed by atoms with Crippen molar-refractivity contribution in [1.29, 1.82) is 0 Å². The van der Waals surface area contributed by atoms with E-state index in [4.69, 9.17) is 9.26 Å². The first kappa shape index (κ1) is 11.8. The molecule has 1 aliphatic rings. The van der Waals surface area contributed by atoms with E-state index < -0.39 is 0 Å². The first-order valence-electron chi connectivity index (χ1n) is 6.18. The fourth-order valence-corrected chi connectivity index (χ4v) is 2.13. The number of fused-ring (bicyclic) bond motifs is 1. The molecule has 1 aromatic heterocycles. The topological polar surface area (TPSA) is 64.4 Å². The molecule has 2 heterocycles. The number of hydrogen-bond donors (Lipinski definition) is 1. The van der Waals surface area contributed by atoms with Crippen LogP contribution in [0, 0.1) is 6.92 Å². The van der Waals surface area contributed by atoms with E-state index in [0.29, 0.717) is 12.2 Å². The maximum Gasteiger partial charge on any atom is 0.290 e. The third kappa shape index (κ3) is 2.45.